The average Bonchev–Trinajstić information content (AvgIpc) is 3.30. The maximum Gasteiger partial charge on any atom is 0.573 e. The molecule has 162 valence electrons. The van der Waals surface area contributed by atoms with Crippen molar-refractivity contribution >= 4 is 11.6 Å². The van der Waals surface area contributed by atoms with Crippen LogP contribution in [-0.2, 0) is 0 Å². The number of carbonyl (C=O) groups excluding carboxylic acids is 1. The highest BCUT2D eigenvalue weighted by molar-refractivity contribution is 6.04. The summed E-state index contributed by atoms with van der Waals surface area (Å²) in [6.45, 7) is 0. The standard InChI is InChI=1S/C21H14F3N5O3/c22-21(23,24)32-17-6-2-14(3-7-17)20(30)28-15-4-8-16(9-5-15)31-19-12-18(25-13-26-19)29-11-1-10-27-29/h1-13H,(H,28,30). The van der Waals surface area contributed by atoms with Crippen LogP contribution in [0.25, 0.3) is 5.82 Å². The highest BCUT2D eigenvalue weighted by Gasteiger charge is 2.31. The molecule has 11 heteroatoms. The van der Waals surface area contributed by atoms with E-state index in [4.69, 9.17) is 4.74 Å². The minimum atomic E-state index is -4.79. The molecule has 2 aromatic carbocycles. The average molecular weight is 441 g/mol. The zero-order valence-electron chi connectivity index (χ0n) is 16.2. The van der Waals surface area contributed by atoms with Crippen LogP contribution in [0.3, 0.4) is 0 Å². The molecular weight excluding hydrogens is 427 g/mol. The van der Waals surface area contributed by atoms with Crippen LogP contribution in [0.2, 0.25) is 0 Å². The van der Waals surface area contributed by atoms with E-state index in [-0.39, 0.29) is 5.56 Å². The van der Waals surface area contributed by atoms with Crippen LogP contribution in [0.5, 0.6) is 17.4 Å². The van der Waals surface area contributed by atoms with Gasteiger partial charge in [0.15, 0.2) is 5.82 Å². The van der Waals surface area contributed by atoms with Crippen molar-refractivity contribution in [2.24, 2.45) is 0 Å². The van der Waals surface area contributed by atoms with E-state index in [9.17, 15) is 18.0 Å². The third-order valence-corrected chi connectivity index (χ3v) is 4.05. The van der Waals surface area contributed by atoms with E-state index in [0.717, 1.165) is 12.1 Å². The van der Waals surface area contributed by atoms with E-state index >= 15 is 0 Å². The van der Waals surface area contributed by atoms with Crippen molar-refractivity contribution < 1.29 is 27.4 Å². The molecule has 0 atom stereocenters. The van der Waals surface area contributed by atoms with Crippen LogP contribution in [0, 0.1) is 0 Å². The lowest BCUT2D eigenvalue weighted by Crippen LogP contribution is -2.17. The molecule has 4 rings (SSSR count). The van der Waals surface area contributed by atoms with E-state index in [1.54, 1.807) is 53.5 Å². The molecule has 1 N–H and O–H groups in total. The molecule has 0 radical (unpaired) electrons. The van der Waals surface area contributed by atoms with Gasteiger partial charge in [0, 0.05) is 29.7 Å². The van der Waals surface area contributed by atoms with Crippen molar-refractivity contribution in [1.29, 1.82) is 0 Å². The van der Waals surface area contributed by atoms with Crippen LogP contribution < -0.4 is 14.8 Å². The van der Waals surface area contributed by atoms with Gasteiger partial charge in [-0.3, -0.25) is 4.79 Å². The Morgan fingerprint density at radius 3 is 2.34 bits per heavy atom. The number of hydrogen-bond acceptors (Lipinski definition) is 6. The van der Waals surface area contributed by atoms with Crippen LogP contribution in [0.15, 0.2) is 79.4 Å². The fraction of sp³-hybridized carbons (Fsp3) is 0.0476. The van der Waals surface area contributed by atoms with Crippen molar-refractivity contribution in [3.63, 3.8) is 0 Å². The Balaban J connectivity index is 1.38. The maximum absolute atomic E-state index is 12.3. The number of carbonyl (C=O) groups is 1. The van der Waals surface area contributed by atoms with Gasteiger partial charge in [0.1, 0.15) is 17.8 Å². The summed E-state index contributed by atoms with van der Waals surface area (Å²) in [6, 6.07) is 14.5. The van der Waals surface area contributed by atoms with Crippen LogP contribution >= 0.6 is 0 Å². The zero-order valence-corrected chi connectivity index (χ0v) is 16.2. The van der Waals surface area contributed by atoms with E-state index in [1.165, 1.54) is 18.5 Å². The minimum Gasteiger partial charge on any atom is -0.439 e. The third kappa shape index (κ3) is 5.39. The van der Waals surface area contributed by atoms with Crippen molar-refractivity contribution in [3.05, 3.63) is 84.9 Å². The number of nitrogens with zero attached hydrogens (tertiary/aromatic N) is 4. The Hall–Kier alpha value is -4.41. The zero-order chi connectivity index (χ0) is 22.6. The number of ether oxygens (including phenoxy) is 2. The quantitative estimate of drug-likeness (QED) is 0.470. The fourth-order valence-electron chi connectivity index (χ4n) is 2.65. The molecule has 32 heavy (non-hydrogen) atoms. The lowest BCUT2D eigenvalue weighted by atomic mass is 10.2. The van der Waals surface area contributed by atoms with Gasteiger partial charge in [-0.25, -0.2) is 14.6 Å². The number of nitrogens with one attached hydrogen (secondary N) is 1. The maximum atomic E-state index is 12.3. The summed E-state index contributed by atoms with van der Waals surface area (Å²) in [5.41, 5.74) is 0.643. The summed E-state index contributed by atoms with van der Waals surface area (Å²) in [5.74, 6) is 0.425. The summed E-state index contributed by atoms with van der Waals surface area (Å²) >= 11 is 0. The SMILES string of the molecule is O=C(Nc1ccc(Oc2cc(-n3cccn3)ncn2)cc1)c1ccc(OC(F)(F)F)cc1. The smallest absolute Gasteiger partial charge is 0.439 e. The van der Waals surface area contributed by atoms with Gasteiger partial charge in [-0.05, 0) is 54.6 Å². The monoisotopic (exact) mass is 441 g/mol. The Bertz CT molecular complexity index is 1190. The Kier molecular flexibility index (Phi) is 5.71. The summed E-state index contributed by atoms with van der Waals surface area (Å²) in [4.78, 5) is 20.5. The Morgan fingerprint density at radius 1 is 0.969 bits per heavy atom. The number of amides is 1. The van der Waals surface area contributed by atoms with Gasteiger partial charge >= 0.3 is 6.36 Å². The second-order valence-corrected chi connectivity index (χ2v) is 6.32. The first-order valence-corrected chi connectivity index (χ1v) is 9.13. The van der Waals surface area contributed by atoms with E-state index < -0.39 is 18.0 Å². The molecule has 0 aliphatic heterocycles. The largest absolute Gasteiger partial charge is 0.573 e. The first-order valence-electron chi connectivity index (χ1n) is 9.13. The number of alkyl halides is 3. The lowest BCUT2D eigenvalue weighted by molar-refractivity contribution is -0.274. The van der Waals surface area contributed by atoms with Gasteiger partial charge < -0.3 is 14.8 Å². The van der Waals surface area contributed by atoms with Crippen molar-refractivity contribution in [2.45, 2.75) is 6.36 Å². The summed E-state index contributed by atoms with van der Waals surface area (Å²) in [6.07, 6.45) is -0.0765. The number of aromatic nitrogens is 4. The topological polar surface area (TPSA) is 91.2 Å². The van der Waals surface area contributed by atoms with Gasteiger partial charge in [-0.1, -0.05) is 0 Å². The molecular formula is C21H14F3N5O3. The van der Waals surface area contributed by atoms with Crippen molar-refractivity contribution in [2.75, 3.05) is 5.32 Å². The van der Waals surface area contributed by atoms with Gasteiger partial charge in [-0.15, -0.1) is 13.2 Å². The molecule has 0 unspecified atom stereocenters. The molecule has 0 saturated carbocycles. The molecule has 2 aromatic heterocycles. The van der Waals surface area contributed by atoms with Crippen LogP contribution in [0.4, 0.5) is 18.9 Å². The number of anilines is 1. The first-order chi connectivity index (χ1) is 15.4. The summed E-state index contributed by atoms with van der Waals surface area (Å²) < 4.78 is 47.7. The second-order valence-electron chi connectivity index (χ2n) is 6.32. The van der Waals surface area contributed by atoms with Crippen molar-refractivity contribution in [1.82, 2.24) is 19.7 Å². The molecule has 4 aromatic rings. The molecule has 8 nitrogen and oxygen atoms in total. The number of halogens is 3. The van der Waals surface area contributed by atoms with Crippen LogP contribution in [0.1, 0.15) is 10.4 Å². The third-order valence-electron chi connectivity index (χ3n) is 4.05. The number of benzene rings is 2. The highest BCUT2D eigenvalue weighted by Crippen LogP contribution is 2.24. The predicted octanol–water partition coefficient (Wildman–Crippen LogP) is 4.61. The Labute approximate surface area is 179 Å². The molecule has 2 heterocycles. The van der Waals surface area contributed by atoms with E-state index in [0.29, 0.717) is 23.1 Å². The molecule has 0 saturated heterocycles. The van der Waals surface area contributed by atoms with Gasteiger partial charge in [0.25, 0.3) is 5.91 Å². The molecule has 0 bridgehead atoms. The normalized spacial score (nSPS) is 11.1. The number of rotatable bonds is 6. The number of hydrogen-bond donors (Lipinski definition) is 1. The predicted molar refractivity (Wildman–Crippen MR) is 107 cm³/mol. The van der Waals surface area contributed by atoms with Crippen LogP contribution in [-0.4, -0.2) is 32.0 Å². The molecule has 0 aliphatic rings. The summed E-state index contributed by atoms with van der Waals surface area (Å²) in [7, 11) is 0. The van der Waals surface area contributed by atoms with Crippen molar-refractivity contribution in [3.8, 4) is 23.2 Å². The molecule has 1 amide bonds. The minimum absolute atomic E-state index is 0.173. The summed E-state index contributed by atoms with van der Waals surface area (Å²) in [5, 5.41) is 6.74. The molecule has 0 spiro atoms. The van der Waals surface area contributed by atoms with Gasteiger partial charge in [0.2, 0.25) is 5.88 Å². The lowest BCUT2D eigenvalue weighted by Gasteiger charge is -2.10. The highest BCUT2D eigenvalue weighted by atomic mass is 19.4. The first kappa shape index (κ1) is 20.8. The second kappa shape index (κ2) is 8.76. The van der Waals surface area contributed by atoms with E-state index in [1.807, 2.05) is 0 Å². The van der Waals surface area contributed by atoms with E-state index in [2.05, 4.69) is 25.1 Å². The van der Waals surface area contributed by atoms with Gasteiger partial charge in [-0.2, -0.15) is 5.10 Å². The molecule has 0 fully saturated rings. The molecule has 0 aliphatic carbocycles. The van der Waals surface area contributed by atoms with Gasteiger partial charge in [0.05, 0.1) is 0 Å². The fourth-order valence-corrected chi connectivity index (χ4v) is 2.65. The Morgan fingerprint density at radius 2 is 1.69 bits per heavy atom.